The second-order valence-electron chi connectivity index (χ2n) is 9.57. The van der Waals surface area contributed by atoms with Crippen LogP contribution in [0.4, 0.5) is 0 Å². The number of likely N-dealkylation sites (tertiary alicyclic amines) is 1. The molecule has 0 aliphatic carbocycles. The topological polar surface area (TPSA) is 61.7 Å². The van der Waals surface area contributed by atoms with Gasteiger partial charge in [-0.05, 0) is 44.7 Å². The van der Waals surface area contributed by atoms with Gasteiger partial charge in [0.05, 0.1) is 23.7 Å². The lowest BCUT2D eigenvalue weighted by molar-refractivity contribution is -0.133. The van der Waals surface area contributed by atoms with Gasteiger partial charge >= 0.3 is 0 Å². The first-order chi connectivity index (χ1) is 16.5. The minimum Gasteiger partial charge on any atom is -0.342 e. The summed E-state index contributed by atoms with van der Waals surface area (Å²) in [4.78, 5) is 33.8. The Bertz CT molecular complexity index is 1170. The van der Waals surface area contributed by atoms with E-state index in [1.807, 2.05) is 27.5 Å². The molecule has 7 nitrogen and oxygen atoms in total. The summed E-state index contributed by atoms with van der Waals surface area (Å²) < 4.78 is 2.01. The molecule has 0 radical (unpaired) electrons. The van der Waals surface area contributed by atoms with Crippen molar-refractivity contribution in [1.29, 1.82) is 0 Å². The van der Waals surface area contributed by atoms with Gasteiger partial charge in [-0.3, -0.25) is 19.2 Å². The molecule has 8 heteroatoms. The number of piperidine rings is 1. The number of aromatic nitrogens is 2. The Labute approximate surface area is 204 Å². The molecule has 1 aromatic carbocycles. The fourth-order valence-corrected chi connectivity index (χ4v) is 6.02. The molecule has 5 rings (SSSR count). The first-order valence-electron chi connectivity index (χ1n) is 12.3. The molecule has 0 spiro atoms. The summed E-state index contributed by atoms with van der Waals surface area (Å²) >= 11 is 1.53. The molecular formula is C26H33N5O2S. The van der Waals surface area contributed by atoms with Crippen LogP contribution in [0.1, 0.15) is 45.8 Å². The fraction of sp³-hybridized carbons (Fsp3) is 0.500. The van der Waals surface area contributed by atoms with E-state index in [1.54, 1.807) is 0 Å². The van der Waals surface area contributed by atoms with Crippen LogP contribution in [0.15, 0.2) is 30.3 Å². The van der Waals surface area contributed by atoms with Crippen LogP contribution in [0, 0.1) is 13.8 Å². The first-order valence-corrected chi connectivity index (χ1v) is 13.1. The highest BCUT2D eigenvalue weighted by atomic mass is 32.1. The lowest BCUT2D eigenvalue weighted by atomic mass is 10.1. The van der Waals surface area contributed by atoms with Crippen molar-refractivity contribution in [3.05, 3.63) is 52.0 Å². The van der Waals surface area contributed by atoms with Gasteiger partial charge in [-0.2, -0.15) is 5.10 Å². The molecule has 2 amide bonds. The Morgan fingerprint density at radius 2 is 1.62 bits per heavy atom. The van der Waals surface area contributed by atoms with E-state index in [2.05, 4.69) is 36.1 Å². The van der Waals surface area contributed by atoms with Crippen molar-refractivity contribution in [2.45, 2.75) is 39.7 Å². The van der Waals surface area contributed by atoms with Crippen molar-refractivity contribution in [2.75, 3.05) is 45.8 Å². The largest absolute Gasteiger partial charge is 0.342 e. The summed E-state index contributed by atoms with van der Waals surface area (Å²) in [6.07, 6.45) is 3.46. The lowest BCUT2D eigenvalue weighted by Crippen LogP contribution is -2.51. The zero-order valence-electron chi connectivity index (χ0n) is 20.1. The smallest absolute Gasteiger partial charge is 0.264 e. The summed E-state index contributed by atoms with van der Waals surface area (Å²) in [6.45, 7) is 9.86. The van der Waals surface area contributed by atoms with Crippen LogP contribution in [0.25, 0.3) is 10.2 Å². The highest BCUT2D eigenvalue weighted by molar-refractivity contribution is 7.20. The van der Waals surface area contributed by atoms with Crippen molar-refractivity contribution >= 4 is 33.4 Å². The monoisotopic (exact) mass is 479 g/mol. The molecule has 2 aliphatic heterocycles. The SMILES string of the molecule is Cc1ccc(Cn2nc(C)c3cc(C(=O)N4CCN(CC(=O)N5CCCCC5)CC4)sc32)cc1. The maximum atomic E-state index is 13.3. The van der Waals surface area contributed by atoms with Gasteiger partial charge in [0, 0.05) is 44.7 Å². The quantitative estimate of drug-likeness (QED) is 0.562. The summed E-state index contributed by atoms with van der Waals surface area (Å²) in [5.74, 6) is 0.321. The molecule has 34 heavy (non-hydrogen) atoms. The van der Waals surface area contributed by atoms with Gasteiger partial charge in [0.1, 0.15) is 4.83 Å². The van der Waals surface area contributed by atoms with Gasteiger partial charge in [0.15, 0.2) is 0 Å². The summed E-state index contributed by atoms with van der Waals surface area (Å²) in [5.41, 5.74) is 3.40. The average molecular weight is 480 g/mol. The van der Waals surface area contributed by atoms with Gasteiger partial charge in [-0.25, -0.2) is 0 Å². The van der Waals surface area contributed by atoms with Crippen LogP contribution in [0.3, 0.4) is 0 Å². The van der Waals surface area contributed by atoms with Gasteiger partial charge in [0.2, 0.25) is 5.91 Å². The van der Waals surface area contributed by atoms with Gasteiger partial charge in [0.25, 0.3) is 5.91 Å². The van der Waals surface area contributed by atoms with Crippen LogP contribution in [-0.4, -0.2) is 82.1 Å². The molecule has 0 saturated carbocycles. The molecule has 0 atom stereocenters. The molecule has 0 bridgehead atoms. The summed E-state index contributed by atoms with van der Waals surface area (Å²) in [6, 6.07) is 10.5. The third kappa shape index (κ3) is 4.88. The predicted octanol–water partition coefficient (Wildman–Crippen LogP) is 3.53. The number of nitrogens with zero attached hydrogens (tertiary/aromatic N) is 5. The molecule has 180 valence electrons. The number of hydrogen-bond donors (Lipinski definition) is 0. The first kappa shape index (κ1) is 23.1. The second-order valence-corrected chi connectivity index (χ2v) is 10.6. The standard InChI is InChI=1S/C26H33N5O2S/c1-19-6-8-21(9-7-19)17-31-26-22(20(2)27-31)16-23(34-26)25(33)30-14-12-28(13-15-30)18-24(32)29-10-4-3-5-11-29/h6-9,16H,3-5,10-15,17-18H2,1-2H3. The van der Waals surface area contributed by atoms with E-state index >= 15 is 0 Å². The van der Waals surface area contributed by atoms with Gasteiger partial charge < -0.3 is 9.80 Å². The number of amides is 2. The third-order valence-corrected chi connectivity index (χ3v) is 8.13. The lowest BCUT2D eigenvalue weighted by Gasteiger charge is -2.35. The molecular weight excluding hydrogens is 446 g/mol. The summed E-state index contributed by atoms with van der Waals surface area (Å²) in [5, 5.41) is 5.78. The second kappa shape index (κ2) is 9.88. The molecule has 2 aliphatic rings. The summed E-state index contributed by atoms with van der Waals surface area (Å²) in [7, 11) is 0. The fourth-order valence-electron chi connectivity index (χ4n) is 4.89. The zero-order chi connectivity index (χ0) is 23.7. The third-order valence-electron chi connectivity index (χ3n) is 7.00. The predicted molar refractivity (Wildman–Crippen MR) is 135 cm³/mol. The molecule has 0 unspecified atom stereocenters. The minimum absolute atomic E-state index is 0.0875. The molecule has 4 heterocycles. The van der Waals surface area contributed by atoms with Crippen LogP contribution >= 0.6 is 11.3 Å². The minimum atomic E-state index is 0.0875. The Morgan fingerprint density at radius 3 is 2.32 bits per heavy atom. The van der Waals surface area contributed by atoms with Crippen molar-refractivity contribution < 1.29 is 9.59 Å². The molecule has 3 aromatic rings. The maximum Gasteiger partial charge on any atom is 0.264 e. The number of benzene rings is 1. The number of carbonyl (C=O) groups excluding carboxylic acids is 2. The van der Waals surface area contributed by atoms with E-state index in [0.29, 0.717) is 26.2 Å². The Balaban J connectivity index is 1.22. The van der Waals surface area contributed by atoms with Crippen LogP contribution < -0.4 is 0 Å². The normalized spacial score (nSPS) is 17.5. The molecule has 2 fully saturated rings. The zero-order valence-corrected chi connectivity index (χ0v) is 20.9. The molecule has 2 saturated heterocycles. The van der Waals surface area contributed by atoms with Crippen molar-refractivity contribution in [2.24, 2.45) is 0 Å². The van der Waals surface area contributed by atoms with Crippen LogP contribution in [0.2, 0.25) is 0 Å². The average Bonchev–Trinajstić information content (AvgIpc) is 3.42. The number of rotatable bonds is 5. The van der Waals surface area contributed by atoms with E-state index in [1.165, 1.54) is 28.9 Å². The number of hydrogen-bond acceptors (Lipinski definition) is 5. The number of carbonyl (C=O) groups is 2. The number of fused-ring (bicyclic) bond motifs is 1. The van der Waals surface area contributed by atoms with E-state index < -0.39 is 0 Å². The van der Waals surface area contributed by atoms with Crippen LogP contribution in [-0.2, 0) is 11.3 Å². The van der Waals surface area contributed by atoms with Crippen molar-refractivity contribution in [1.82, 2.24) is 24.5 Å². The van der Waals surface area contributed by atoms with Crippen molar-refractivity contribution in [3.63, 3.8) is 0 Å². The van der Waals surface area contributed by atoms with Crippen molar-refractivity contribution in [3.8, 4) is 0 Å². The number of thiophene rings is 1. The maximum absolute atomic E-state index is 13.3. The number of piperazine rings is 1. The van der Waals surface area contributed by atoms with E-state index in [9.17, 15) is 9.59 Å². The van der Waals surface area contributed by atoms with Gasteiger partial charge in [-0.15, -0.1) is 11.3 Å². The molecule has 0 N–H and O–H groups in total. The van der Waals surface area contributed by atoms with E-state index in [0.717, 1.165) is 59.8 Å². The van der Waals surface area contributed by atoms with E-state index in [-0.39, 0.29) is 11.8 Å². The highest BCUT2D eigenvalue weighted by Crippen LogP contribution is 2.30. The number of aryl methyl sites for hydroxylation is 2. The Morgan fingerprint density at radius 1 is 0.912 bits per heavy atom. The Hall–Kier alpha value is -2.71. The Kier molecular flexibility index (Phi) is 6.70. The van der Waals surface area contributed by atoms with Gasteiger partial charge in [-0.1, -0.05) is 29.8 Å². The highest BCUT2D eigenvalue weighted by Gasteiger charge is 2.27. The van der Waals surface area contributed by atoms with E-state index in [4.69, 9.17) is 5.10 Å². The van der Waals surface area contributed by atoms with Crippen LogP contribution in [0.5, 0.6) is 0 Å². The molecule has 2 aromatic heterocycles.